The molecule has 0 aromatic rings. The van der Waals surface area contributed by atoms with Crippen LogP contribution in [0.2, 0.25) is 0 Å². The molecule has 1 rings (SSSR count). The molecule has 0 saturated heterocycles. The standard InChI is InChI=1S/C14H27NO/c1-4-16-11-7-10-15-14-9-6-5-8-13(14)12(2)3/h4,12-15H,1,5-11H2,2-3H3. The van der Waals surface area contributed by atoms with E-state index in [1.165, 1.54) is 31.9 Å². The second-order valence-corrected chi connectivity index (χ2v) is 5.14. The van der Waals surface area contributed by atoms with Crippen molar-refractivity contribution in [3.05, 3.63) is 12.8 Å². The largest absolute Gasteiger partial charge is 0.502 e. The summed E-state index contributed by atoms with van der Waals surface area (Å²) < 4.78 is 5.12. The highest BCUT2D eigenvalue weighted by molar-refractivity contribution is 4.82. The number of rotatable bonds is 7. The highest BCUT2D eigenvalue weighted by Crippen LogP contribution is 2.30. The monoisotopic (exact) mass is 225 g/mol. The molecule has 1 N–H and O–H groups in total. The van der Waals surface area contributed by atoms with E-state index in [4.69, 9.17) is 4.74 Å². The molecule has 0 aromatic heterocycles. The maximum absolute atomic E-state index is 5.12. The molecule has 1 aliphatic rings. The van der Waals surface area contributed by atoms with E-state index < -0.39 is 0 Å². The van der Waals surface area contributed by atoms with E-state index >= 15 is 0 Å². The first-order chi connectivity index (χ1) is 7.75. The summed E-state index contributed by atoms with van der Waals surface area (Å²) in [6, 6.07) is 0.734. The third-order valence-corrected chi connectivity index (χ3v) is 3.64. The zero-order chi connectivity index (χ0) is 11.8. The summed E-state index contributed by atoms with van der Waals surface area (Å²) in [4.78, 5) is 0. The lowest BCUT2D eigenvalue weighted by molar-refractivity contribution is 0.196. The van der Waals surface area contributed by atoms with Gasteiger partial charge < -0.3 is 10.1 Å². The van der Waals surface area contributed by atoms with Gasteiger partial charge in [0.05, 0.1) is 12.9 Å². The quantitative estimate of drug-likeness (QED) is 0.530. The second kappa shape index (κ2) is 7.72. The molecule has 2 nitrogen and oxygen atoms in total. The molecule has 2 unspecified atom stereocenters. The molecule has 94 valence electrons. The van der Waals surface area contributed by atoms with Gasteiger partial charge in [-0.15, -0.1) is 0 Å². The first-order valence-electron chi connectivity index (χ1n) is 6.71. The van der Waals surface area contributed by atoms with Gasteiger partial charge in [0.2, 0.25) is 0 Å². The Morgan fingerprint density at radius 3 is 2.81 bits per heavy atom. The molecule has 0 aromatic carbocycles. The van der Waals surface area contributed by atoms with Crippen LogP contribution in [0.15, 0.2) is 12.8 Å². The van der Waals surface area contributed by atoms with Crippen molar-refractivity contribution in [3.63, 3.8) is 0 Å². The summed E-state index contributed by atoms with van der Waals surface area (Å²) in [6.07, 6.45) is 8.17. The van der Waals surface area contributed by atoms with Crippen molar-refractivity contribution in [2.24, 2.45) is 11.8 Å². The lowest BCUT2D eigenvalue weighted by atomic mass is 9.78. The Morgan fingerprint density at radius 2 is 2.12 bits per heavy atom. The van der Waals surface area contributed by atoms with E-state index in [1.54, 1.807) is 0 Å². The number of nitrogens with one attached hydrogen (secondary N) is 1. The van der Waals surface area contributed by atoms with Crippen LogP contribution in [-0.4, -0.2) is 19.2 Å². The Labute approximate surface area is 100 Å². The first-order valence-corrected chi connectivity index (χ1v) is 6.71. The molecular formula is C14H27NO. The van der Waals surface area contributed by atoms with E-state index in [1.807, 2.05) is 0 Å². The van der Waals surface area contributed by atoms with Gasteiger partial charge in [-0.1, -0.05) is 33.3 Å². The fourth-order valence-electron chi connectivity index (χ4n) is 2.74. The molecule has 0 amide bonds. The van der Waals surface area contributed by atoms with Crippen LogP contribution < -0.4 is 5.32 Å². The summed E-state index contributed by atoms with van der Waals surface area (Å²) in [5, 5.41) is 3.70. The predicted molar refractivity (Wildman–Crippen MR) is 69.4 cm³/mol. The average molecular weight is 225 g/mol. The van der Waals surface area contributed by atoms with Crippen molar-refractivity contribution in [3.8, 4) is 0 Å². The third kappa shape index (κ3) is 4.56. The zero-order valence-corrected chi connectivity index (χ0v) is 10.9. The van der Waals surface area contributed by atoms with Crippen molar-refractivity contribution >= 4 is 0 Å². The van der Waals surface area contributed by atoms with Crippen LogP contribution in [0.25, 0.3) is 0 Å². The van der Waals surface area contributed by atoms with Gasteiger partial charge in [0, 0.05) is 6.04 Å². The van der Waals surface area contributed by atoms with E-state index in [0.717, 1.165) is 37.5 Å². The minimum Gasteiger partial charge on any atom is -0.502 e. The predicted octanol–water partition coefficient (Wildman–Crippen LogP) is 3.34. The molecular weight excluding hydrogens is 198 g/mol. The van der Waals surface area contributed by atoms with Crippen molar-refractivity contribution < 1.29 is 4.74 Å². The highest BCUT2D eigenvalue weighted by atomic mass is 16.5. The zero-order valence-electron chi connectivity index (χ0n) is 10.9. The Hall–Kier alpha value is -0.500. The molecule has 0 heterocycles. The van der Waals surface area contributed by atoms with Crippen LogP contribution in [0, 0.1) is 11.8 Å². The van der Waals surface area contributed by atoms with Crippen molar-refractivity contribution in [2.45, 2.75) is 52.0 Å². The molecule has 0 spiro atoms. The molecule has 1 fully saturated rings. The van der Waals surface area contributed by atoms with Gasteiger partial charge in [0.1, 0.15) is 0 Å². The molecule has 0 aliphatic heterocycles. The summed E-state index contributed by atoms with van der Waals surface area (Å²) in [5.74, 6) is 1.68. The lowest BCUT2D eigenvalue weighted by Gasteiger charge is -2.35. The Morgan fingerprint density at radius 1 is 1.38 bits per heavy atom. The smallest absolute Gasteiger partial charge is 0.0885 e. The fraction of sp³-hybridized carbons (Fsp3) is 0.857. The van der Waals surface area contributed by atoms with Gasteiger partial charge in [-0.2, -0.15) is 0 Å². The average Bonchev–Trinajstić information content (AvgIpc) is 2.29. The summed E-state index contributed by atoms with van der Waals surface area (Å²) in [7, 11) is 0. The molecule has 16 heavy (non-hydrogen) atoms. The minimum atomic E-state index is 0.734. The topological polar surface area (TPSA) is 21.3 Å². The number of ether oxygens (including phenoxy) is 1. The van der Waals surface area contributed by atoms with Crippen LogP contribution in [0.4, 0.5) is 0 Å². The molecule has 1 saturated carbocycles. The van der Waals surface area contributed by atoms with Crippen LogP contribution in [0.1, 0.15) is 46.0 Å². The van der Waals surface area contributed by atoms with E-state index in [2.05, 4.69) is 25.7 Å². The van der Waals surface area contributed by atoms with E-state index in [-0.39, 0.29) is 0 Å². The van der Waals surface area contributed by atoms with Crippen LogP contribution in [0.3, 0.4) is 0 Å². The highest BCUT2D eigenvalue weighted by Gasteiger charge is 2.26. The van der Waals surface area contributed by atoms with E-state index in [9.17, 15) is 0 Å². The van der Waals surface area contributed by atoms with E-state index in [0.29, 0.717) is 0 Å². The minimum absolute atomic E-state index is 0.734. The van der Waals surface area contributed by atoms with Crippen LogP contribution in [0.5, 0.6) is 0 Å². The van der Waals surface area contributed by atoms with Crippen molar-refractivity contribution in [1.29, 1.82) is 0 Å². The molecule has 2 heteroatoms. The Bertz CT molecular complexity index is 191. The molecule has 0 bridgehead atoms. The van der Waals surface area contributed by atoms with Gasteiger partial charge in [-0.3, -0.25) is 0 Å². The van der Waals surface area contributed by atoms with Crippen LogP contribution >= 0.6 is 0 Å². The molecule has 0 radical (unpaired) electrons. The normalized spacial score (nSPS) is 25.7. The first kappa shape index (κ1) is 13.6. The number of hydrogen-bond acceptors (Lipinski definition) is 2. The second-order valence-electron chi connectivity index (χ2n) is 5.14. The maximum Gasteiger partial charge on any atom is 0.0885 e. The van der Waals surface area contributed by atoms with Gasteiger partial charge in [0.25, 0.3) is 0 Å². The summed E-state index contributed by atoms with van der Waals surface area (Å²) >= 11 is 0. The fourth-order valence-corrected chi connectivity index (χ4v) is 2.74. The van der Waals surface area contributed by atoms with Gasteiger partial charge in [0.15, 0.2) is 0 Å². The van der Waals surface area contributed by atoms with Crippen LogP contribution in [-0.2, 0) is 4.74 Å². The SMILES string of the molecule is C=COCCCNC1CCCCC1C(C)C. The lowest BCUT2D eigenvalue weighted by Crippen LogP contribution is -2.41. The maximum atomic E-state index is 5.12. The van der Waals surface area contributed by atoms with Crippen molar-refractivity contribution in [1.82, 2.24) is 5.32 Å². The van der Waals surface area contributed by atoms with Gasteiger partial charge in [-0.05, 0) is 37.6 Å². The Kier molecular flexibility index (Phi) is 6.55. The van der Waals surface area contributed by atoms with Crippen molar-refractivity contribution in [2.75, 3.05) is 13.2 Å². The third-order valence-electron chi connectivity index (χ3n) is 3.64. The summed E-state index contributed by atoms with van der Waals surface area (Å²) in [6.45, 7) is 10.1. The van der Waals surface area contributed by atoms with Gasteiger partial charge in [-0.25, -0.2) is 0 Å². The Balaban J connectivity index is 2.19. The molecule has 1 aliphatic carbocycles. The van der Waals surface area contributed by atoms with Gasteiger partial charge >= 0.3 is 0 Å². The summed E-state index contributed by atoms with van der Waals surface area (Å²) in [5.41, 5.74) is 0. The molecule has 2 atom stereocenters. The number of hydrogen-bond donors (Lipinski definition) is 1.